The summed E-state index contributed by atoms with van der Waals surface area (Å²) < 4.78 is 42.1. The predicted molar refractivity (Wildman–Crippen MR) is 199 cm³/mol. The topological polar surface area (TPSA) is 173 Å². The molecule has 282 valence electrons. The van der Waals surface area contributed by atoms with Crippen molar-refractivity contribution in [3.05, 3.63) is 33.4 Å². The lowest BCUT2D eigenvalue weighted by atomic mass is 9.70. The second kappa shape index (κ2) is 19.0. The zero-order valence-corrected chi connectivity index (χ0v) is 34.2. The maximum absolute atomic E-state index is 14.0. The van der Waals surface area contributed by atoms with Crippen molar-refractivity contribution in [1.29, 1.82) is 0 Å². The summed E-state index contributed by atoms with van der Waals surface area (Å²) in [5.74, 6) is 0. The molecule has 0 aliphatic rings. The van der Waals surface area contributed by atoms with Gasteiger partial charge in [0.15, 0.2) is 0 Å². The Morgan fingerprint density at radius 2 is 0.521 bits per heavy atom. The molecule has 1 aromatic carbocycles. The van der Waals surface area contributed by atoms with Gasteiger partial charge in [0.25, 0.3) is 0 Å². The normalized spacial score (nSPS) is 13.8. The highest BCUT2D eigenvalue weighted by atomic mass is 31.2. The third kappa shape index (κ3) is 9.36. The Hall–Kier alpha value is -0.330. The molecule has 1 aromatic rings. The van der Waals surface area contributed by atoms with E-state index in [4.69, 9.17) is 0 Å². The molecule has 0 radical (unpaired) electrons. The van der Waals surface area contributed by atoms with Crippen LogP contribution < -0.4 is 0 Å². The van der Waals surface area contributed by atoms with Gasteiger partial charge in [-0.3, -0.25) is 13.7 Å². The number of hydrogen-bond acceptors (Lipinski definition) is 3. The van der Waals surface area contributed by atoms with E-state index in [0.29, 0.717) is 110 Å². The Balaban J connectivity index is 5.06. The van der Waals surface area contributed by atoms with Crippen molar-refractivity contribution in [3.8, 4) is 0 Å². The Labute approximate surface area is 292 Å². The molecule has 0 heterocycles. The molecule has 12 heteroatoms. The average Bonchev–Trinajstić information content (AvgIpc) is 2.98. The molecule has 0 bridgehead atoms. The monoisotopic (exact) mass is 738 g/mol. The molecule has 6 N–H and O–H groups in total. The molecule has 48 heavy (non-hydrogen) atoms. The molecule has 0 spiro atoms. The van der Waals surface area contributed by atoms with Crippen LogP contribution in [-0.4, -0.2) is 29.4 Å². The Morgan fingerprint density at radius 1 is 0.375 bits per heavy atom. The molecule has 0 aliphatic heterocycles. The minimum Gasteiger partial charge on any atom is -0.324 e. The molecule has 0 atom stereocenters. The van der Waals surface area contributed by atoms with Crippen molar-refractivity contribution in [3.63, 3.8) is 0 Å². The van der Waals surface area contributed by atoms with E-state index in [9.17, 15) is 43.1 Å². The Bertz CT molecular complexity index is 1110. The quantitative estimate of drug-likeness (QED) is 0.0564. The lowest BCUT2D eigenvalue weighted by molar-refractivity contribution is 0.291. The molecule has 0 saturated carbocycles. The zero-order valence-electron chi connectivity index (χ0n) is 31.5. The highest BCUT2D eigenvalue weighted by Gasteiger charge is 2.57. The number of rotatable bonds is 24. The van der Waals surface area contributed by atoms with Crippen LogP contribution in [0.2, 0.25) is 0 Å². The SMILES string of the molecule is CCCCC(CCCC)(c1c(C)c(C(CCCC)(CCCC)P(=O)(O)O)c(C)c(C(CCCC)(CCCC)P(=O)(O)O)c1C)P(=O)(O)O. The zero-order chi connectivity index (χ0) is 37.2. The second-order valence-electron chi connectivity index (χ2n) is 14.3. The van der Waals surface area contributed by atoms with E-state index in [2.05, 4.69) is 0 Å². The molecular weight excluding hydrogens is 669 g/mol. The summed E-state index contributed by atoms with van der Waals surface area (Å²) in [6.07, 6.45) is 8.03. The van der Waals surface area contributed by atoms with Gasteiger partial charge in [-0.2, -0.15) is 0 Å². The minimum absolute atomic E-state index is 0.150. The summed E-state index contributed by atoms with van der Waals surface area (Å²) in [5.41, 5.74) is 2.36. The molecule has 0 fully saturated rings. The predicted octanol–water partition coefficient (Wildman–Crippen LogP) is 10.9. The van der Waals surface area contributed by atoms with Gasteiger partial charge in [-0.15, -0.1) is 0 Å². The first kappa shape index (κ1) is 45.7. The highest BCUT2D eigenvalue weighted by molar-refractivity contribution is 7.53. The second-order valence-corrected chi connectivity index (χ2v) is 20.2. The van der Waals surface area contributed by atoms with Crippen LogP contribution in [0.1, 0.15) is 190 Å². The molecular formula is C36H69O9P3. The van der Waals surface area contributed by atoms with Crippen LogP contribution in [0.3, 0.4) is 0 Å². The Kier molecular flexibility index (Phi) is 18.0. The van der Waals surface area contributed by atoms with Crippen molar-refractivity contribution in [2.24, 2.45) is 0 Å². The maximum Gasteiger partial charge on any atom is 0.336 e. The molecule has 9 nitrogen and oxygen atoms in total. The van der Waals surface area contributed by atoms with Gasteiger partial charge >= 0.3 is 22.8 Å². The smallest absolute Gasteiger partial charge is 0.324 e. The van der Waals surface area contributed by atoms with Crippen molar-refractivity contribution in [2.75, 3.05) is 0 Å². The van der Waals surface area contributed by atoms with E-state index < -0.39 is 38.3 Å². The third-order valence-electron chi connectivity index (χ3n) is 11.0. The van der Waals surface area contributed by atoms with Gasteiger partial charge in [0.05, 0.1) is 15.5 Å². The summed E-state index contributed by atoms with van der Waals surface area (Å²) in [6.45, 7) is 17.0. The van der Waals surface area contributed by atoms with Crippen molar-refractivity contribution in [1.82, 2.24) is 0 Å². The molecule has 0 saturated heterocycles. The fourth-order valence-electron chi connectivity index (χ4n) is 8.56. The van der Waals surface area contributed by atoms with Crippen LogP contribution in [0.15, 0.2) is 0 Å². The van der Waals surface area contributed by atoms with Crippen molar-refractivity contribution < 1.29 is 43.1 Å². The third-order valence-corrected chi connectivity index (χ3v) is 16.3. The standard InChI is InChI=1S/C36H69O9P3/c1-10-16-22-34(23-17-11-2,46(37,38)39)31-28(7)32(35(24-18-12-3,25-19-13-4)47(40,41)42)30(9)33(29(31)8)36(26-20-14-5,27-21-15-6)48(43,44)45/h10-27H2,1-9H3,(H2,37,38,39)(H2,40,41,42)(H2,43,44,45). The first-order valence-corrected chi connectivity index (χ1v) is 23.4. The average molecular weight is 739 g/mol. The molecule has 0 unspecified atom stereocenters. The van der Waals surface area contributed by atoms with Crippen LogP contribution >= 0.6 is 22.8 Å². The largest absolute Gasteiger partial charge is 0.336 e. The fourth-order valence-corrected chi connectivity index (χ4v) is 13.1. The van der Waals surface area contributed by atoms with Crippen LogP contribution in [-0.2, 0) is 29.2 Å². The number of benzene rings is 1. The van der Waals surface area contributed by atoms with E-state index in [0.717, 1.165) is 0 Å². The van der Waals surface area contributed by atoms with Gasteiger partial charge in [0.2, 0.25) is 0 Å². The summed E-state index contributed by atoms with van der Waals surface area (Å²) in [4.78, 5) is 68.6. The maximum atomic E-state index is 14.0. The van der Waals surface area contributed by atoms with E-state index in [1.165, 1.54) is 0 Å². The van der Waals surface area contributed by atoms with E-state index in [1.807, 2.05) is 41.5 Å². The van der Waals surface area contributed by atoms with Crippen molar-refractivity contribution in [2.45, 2.75) is 193 Å². The summed E-state index contributed by atoms with van der Waals surface area (Å²) in [6, 6.07) is 0. The van der Waals surface area contributed by atoms with Crippen LogP contribution in [0.25, 0.3) is 0 Å². The molecule has 1 rings (SSSR count). The lowest BCUT2D eigenvalue weighted by Gasteiger charge is -2.46. The summed E-state index contributed by atoms with van der Waals surface area (Å²) in [5, 5.41) is -5.05. The first-order valence-electron chi connectivity index (χ1n) is 18.5. The fraction of sp³-hybridized carbons (Fsp3) is 0.833. The van der Waals surface area contributed by atoms with Crippen molar-refractivity contribution >= 4 is 22.8 Å². The summed E-state index contributed by atoms with van der Waals surface area (Å²) >= 11 is 0. The van der Waals surface area contributed by atoms with Gasteiger partial charge < -0.3 is 29.4 Å². The summed E-state index contributed by atoms with van der Waals surface area (Å²) in [7, 11) is -14.9. The molecule has 0 aliphatic carbocycles. The lowest BCUT2D eigenvalue weighted by Crippen LogP contribution is -2.37. The van der Waals surface area contributed by atoms with Crippen LogP contribution in [0, 0.1) is 20.8 Å². The van der Waals surface area contributed by atoms with Gasteiger partial charge in [-0.1, -0.05) is 119 Å². The van der Waals surface area contributed by atoms with Crippen LogP contribution in [0.5, 0.6) is 0 Å². The van der Waals surface area contributed by atoms with Gasteiger partial charge in [-0.25, -0.2) is 0 Å². The van der Waals surface area contributed by atoms with E-state index in [1.54, 1.807) is 20.8 Å². The van der Waals surface area contributed by atoms with E-state index in [-0.39, 0.29) is 38.5 Å². The van der Waals surface area contributed by atoms with Gasteiger partial charge in [-0.05, 0) is 92.7 Å². The highest BCUT2D eigenvalue weighted by Crippen LogP contribution is 2.71. The van der Waals surface area contributed by atoms with Crippen LogP contribution in [0.4, 0.5) is 0 Å². The Morgan fingerprint density at radius 3 is 0.625 bits per heavy atom. The molecule has 0 amide bonds. The molecule has 0 aromatic heterocycles. The first-order chi connectivity index (χ1) is 22.2. The van der Waals surface area contributed by atoms with Gasteiger partial charge in [0, 0.05) is 0 Å². The van der Waals surface area contributed by atoms with Gasteiger partial charge in [0.1, 0.15) is 0 Å². The number of hydrogen-bond donors (Lipinski definition) is 6. The minimum atomic E-state index is -4.96. The van der Waals surface area contributed by atoms with E-state index >= 15 is 0 Å². The number of unbranched alkanes of at least 4 members (excludes halogenated alkanes) is 6.